The lowest BCUT2D eigenvalue weighted by atomic mass is 9.45. The van der Waals surface area contributed by atoms with Crippen LogP contribution in [0.25, 0.3) is 0 Å². The van der Waals surface area contributed by atoms with Crippen LogP contribution in [-0.2, 0) is 11.8 Å². The molecule has 33 heavy (non-hydrogen) atoms. The fraction of sp³-hybridized carbons (Fsp3) is 0.533. The van der Waals surface area contributed by atoms with Crippen molar-refractivity contribution in [1.82, 2.24) is 0 Å². The van der Waals surface area contributed by atoms with Gasteiger partial charge in [0.15, 0.2) is 0 Å². The number of benzene rings is 2. The molecule has 0 aliphatic heterocycles. The van der Waals surface area contributed by atoms with E-state index in [0.717, 1.165) is 37.9 Å². The van der Waals surface area contributed by atoms with Crippen molar-refractivity contribution in [1.29, 1.82) is 0 Å². The van der Waals surface area contributed by atoms with E-state index in [1.807, 2.05) is 6.92 Å². The van der Waals surface area contributed by atoms with E-state index in [0.29, 0.717) is 17.8 Å². The van der Waals surface area contributed by atoms with Crippen LogP contribution in [0.5, 0.6) is 5.75 Å². The Hall–Kier alpha value is -2.44. The largest absolute Gasteiger partial charge is 0.497 e. The summed E-state index contributed by atoms with van der Waals surface area (Å²) in [6.45, 7) is 4.32. The van der Waals surface area contributed by atoms with Crippen LogP contribution in [0.15, 0.2) is 42.5 Å². The fourth-order valence-corrected chi connectivity index (χ4v) is 7.68. The van der Waals surface area contributed by atoms with Crippen molar-refractivity contribution in [3.63, 3.8) is 0 Å². The minimum atomic E-state index is -0.315. The van der Waals surface area contributed by atoms with Crippen LogP contribution in [0.3, 0.4) is 0 Å². The highest BCUT2D eigenvalue weighted by Gasteiger charge is 2.63. The van der Waals surface area contributed by atoms with Crippen molar-refractivity contribution < 1.29 is 9.84 Å². The van der Waals surface area contributed by atoms with Gasteiger partial charge in [-0.3, -0.25) is 0 Å². The van der Waals surface area contributed by atoms with Crippen molar-refractivity contribution in [3.05, 3.63) is 59.2 Å². The Morgan fingerprint density at radius 1 is 1.06 bits per heavy atom. The van der Waals surface area contributed by atoms with Crippen molar-refractivity contribution >= 4 is 5.69 Å². The molecular formula is C30H37NO2. The lowest BCUT2D eigenvalue weighted by Crippen LogP contribution is -2.54. The molecule has 0 amide bonds. The van der Waals surface area contributed by atoms with E-state index in [1.54, 1.807) is 7.11 Å². The highest BCUT2D eigenvalue weighted by atomic mass is 16.5. The van der Waals surface area contributed by atoms with Gasteiger partial charge in [0.25, 0.3) is 0 Å². The molecule has 1 unspecified atom stereocenters. The van der Waals surface area contributed by atoms with E-state index in [4.69, 9.17) is 4.74 Å². The first-order valence-corrected chi connectivity index (χ1v) is 12.4. The number of anilines is 1. The number of nitrogens with zero attached hydrogens (tertiary/aromatic N) is 1. The second kappa shape index (κ2) is 8.10. The van der Waals surface area contributed by atoms with Gasteiger partial charge in [0, 0.05) is 25.7 Å². The third-order valence-corrected chi connectivity index (χ3v) is 9.17. The number of aliphatic hydroxyl groups excluding tert-OH is 1. The molecule has 2 saturated carbocycles. The summed E-state index contributed by atoms with van der Waals surface area (Å²) in [5, 5.41) is 11.2. The first kappa shape index (κ1) is 22.4. The molecule has 3 aliphatic rings. The molecule has 0 radical (unpaired) electrons. The molecule has 0 bridgehead atoms. The number of aryl methyl sites for hydroxylation is 1. The number of methoxy groups -OCH3 is 1. The van der Waals surface area contributed by atoms with E-state index in [2.05, 4.69) is 80.2 Å². The lowest BCUT2D eigenvalue weighted by molar-refractivity contribution is -0.0469. The minimum Gasteiger partial charge on any atom is -0.497 e. The highest BCUT2D eigenvalue weighted by molar-refractivity contribution is 5.54. The Morgan fingerprint density at radius 3 is 2.48 bits per heavy atom. The second-order valence-corrected chi connectivity index (χ2v) is 10.9. The Bertz CT molecular complexity index is 1090. The third kappa shape index (κ3) is 3.29. The second-order valence-electron chi connectivity index (χ2n) is 10.9. The Labute approximate surface area is 199 Å². The summed E-state index contributed by atoms with van der Waals surface area (Å²) in [6.07, 6.45) is 4.92. The van der Waals surface area contributed by atoms with Gasteiger partial charge in [-0.15, -0.1) is 5.92 Å². The summed E-state index contributed by atoms with van der Waals surface area (Å²) < 4.78 is 5.57. The fourth-order valence-electron chi connectivity index (χ4n) is 7.68. The average molecular weight is 444 g/mol. The highest BCUT2D eigenvalue weighted by Crippen LogP contribution is 2.67. The standard InChI is InChI=1S/C30H37NO2/c1-6-17-30(21-8-10-22(11-9-21)31(3)4)19-29(2)26(15-16-27(29)32)25-13-7-20-18-23(33-5)12-14-24(20)28(25)30/h8-12,14,18,25-28,32H,7,13,15-16,19H2,1-5H3/t25-,26-,27?,28+,29-,30+/m0/s1. The number of hydrogen-bond donors (Lipinski definition) is 1. The Kier molecular flexibility index (Phi) is 5.49. The summed E-state index contributed by atoms with van der Waals surface area (Å²) in [4.78, 5) is 2.14. The number of rotatable bonds is 3. The van der Waals surface area contributed by atoms with Crippen molar-refractivity contribution in [3.8, 4) is 17.6 Å². The van der Waals surface area contributed by atoms with Gasteiger partial charge in [0.1, 0.15) is 5.75 Å². The summed E-state index contributed by atoms with van der Waals surface area (Å²) >= 11 is 0. The number of fused-ring (bicyclic) bond motifs is 5. The zero-order valence-corrected chi connectivity index (χ0v) is 20.7. The lowest BCUT2D eigenvalue weighted by Gasteiger charge is -2.58. The number of aliphatic hydroxyl groups is 1. The summed E-state index contributed by atoms with van der Waals surface area (Å²) in [6, 6.07) is 15.7. The maximum Gasteiger partial charge on any atom is 0.119 e. The van der Waals surface area contributed by atoms with Gasteiger partial charge in [0.2, 0.25) is 0 Å². The molecule has 5 rings (SSSR count). The van der Waals surface area contributed by atoms with Crippen LogP contribution in [0.4, 0.5) is 5.69 Å². The maximum atomic E-state index is 11.2. The van der Waals surface area contributed by atoms with Crippen molar-refractivity contribution in [2.75, 3.05) is 26.1 Å². The first-order valence-electron chi connectivity index (χ1n) is 12.4. The average Bonchev–Trinajstić information content (AvgIpc) is 3.12. The molecule has 0 heterocycles. The zero-order valence-electron chi connectivity index (χ0n) is 20.7. The topological polar surface area (TPSA) is 32.7 Å². The van der Waals surface area contributed by atoms with Gasteiger partial charge < -0.3 is 14.7 Å². The molecule has 2 fully saturated rings. The third-order valence-electron chi connectivity index (χ3n) is 9.17. The quantitative estimate of drug-likeness (QED) is 0.632. The number of hydrogen-bond acceptors (Lipinski definition) is 3. The minimum absolute atomic E-state index is 0.102. The molecule has 174 valence electrons. The van der Waals surface area contributed by atoms with Gasteiger partial charge >= 0.3 is 0 Å². The molecule has 3 aliphatic carbocycles. The molecular weight excluding hydrogens is 406 g/mol. The molecule has 2 aromatic carbocycles. The van der Waals surface area contributed by atoms with Crippen molar-refractivity contribution in [2.24, 2.45) is 17.3 Å². The summed E-state index contributed by atoms with van der Waals surface area (Å²) in [7, 11) is 5.91. The van der Waals surface area contributed by atoms with Crippen LogP contribution < -0.4 is 9.64 Å². The molecule has 3 nitrogen and oxygen atoms in total. The van der Waals surface area contributed by atoms with Gasteiger partial charge in [-0.2, -0.15) is 0 Å². The first-order chi connectivity index (χ1) is 15.8. The van der Waals surface area contributed by atoms with E-state index in [9.17, 15) is 5.11 Å². The van der Waals surface area contributed by atoms with E-state index in [1.165, 1.54) is 22.4 Å². The number of ether oxygens (including phenoxy) is 1. The SMILES string of the molecule is CC#C[C@]1(c2ccc(N(C)C)cc2)C[C@]2(C)C(O)CC[C@H]2[C@@H]2CCc3cc(OC)ccc3[C@H]21. The van der Waals surface area contributed by atoms with Gasteiger partial charge in [-0.1, -0.05) is 31.0 Å². The molecule has 3 heteroatoms. The Balaban J connectivity index is 1.74. The molecule has 1 N–H and O–H groups in total. The van der Waals surface area contributed by atoms with Gasteiger partial charge in [0.05, 0.1) is 18.6 Å². The monoisotopic (exact) mass is 443 g/mol. The normalized spacial score (nSPS) is 34.4. The molecule has 6 atom stereocenters. The predicted molar refractivity (Wildman–Crippen MR) is 135 cm³/mol. The smallest absolute Gasteiger partial charge is 0.119 e. The Morgan fingerprint density at radius 2 is 1.82 bits per heavy atom. The molecule has 0 spiro atoms. The van der Waals surface area contributed by atoms with Crippen LogP contribution in [0.2, 0.25) is 0 Å². The van der Waals surface area contributed by atoms with E-state index >= 15 is 0 Å². The molecule has 2 aromatic rings. The summed E-state index contributed by atoms with van der Waals surface area (Å²) in [5.41, 5.74) is 4.92. The molecule has 0 aromatic heterocycles. The van der Waals surface area contributed by atoms with E-state index < -0.39 is 0 Å². The van der Waals surface area contributed by atoms with Gasteiger partial charge in [-0.05, 0) is 97.2 Å². The maximum absolute atomic E-state index is 11.2. The van der Waals surface area contributed by atoms with E-state index in [-0.39, 0.29) is 16.9 Å². The van der Waals surface area contributed by atoms with Gasteiger partial charge in [-0.25, -0.2) is 0 Å². The van der Waals surface area contributed by atoms with Crippen LogP contribution in [0.1, 0.15) is 62.1 Å². The summed E-state index contributed by atoms with van der Waals surface area (Å²) in [5.74, 6) is 9.46. The van der Waals surface area contributed by atoms with Crippen molar-refractivity contribution in [2.45, 2.75) is 63.4 Å². The van der Waals surface area contributed by atoms with Crippen LogP contribution >= 0.6 is 0 Å². The zero-order chi connectivity index (χ0) is 23.4. The van der Waals surface area contributed by atoms with Crippen LogP contribution in [-0.4, -0.2) is 32.4 Å². The molecule has 0 saturated heterocycles. The predicted octanol–water partition coefficient (Wildman–Crippen LogP) is 5.55. The van der Waals surface area contributed by atoms with Crippen LogP contribution in [0, 0.1) is 29.1 Å².